The number of esters is 1. The average Bonchev–Trinajstić information content (AvgIpc) is 3.05. The molecular formula is C21H26NO4+. The summed E-state index contributed by atoms with van der Waals surface area (Å²) < 4.78 is 18.5. The summed E-state index contributed by atoms with van der Waals surface area (Å²) in [6.07, 6.45) is 5.02. The molecule has 2 heterocycles. The van der Waals surface area contributed by atoms with Gasteiger partial charge in [0.2, 0.25) is 6.79 Å². The van der Waals surface area contributed by atoms with Crippen molar-refractivity contribution < 1.29 is 23.6 Å². The van der Waals surface area contributed by atoms with Crippen molar-refractivity contribution in [1.82, 2.24) is 0 Å². The molecule has 5 heteroatoms. The van der Waals surface area contributed by atoms with Crippen LogP contribution in [0.15, 0.2) is 42.7 Å². The van der Waals surface area contributed by atoms with Crippen LogP contribution in [0.3, 0.4) is 0 Å². The van der Waals surface area contributed by atoms with Crippen LogP contribution in [0.1, 0.15) is 43.1 Å². The first kappa shape index (κ1) is 18.2. The number of rotatable bonds is 5. The Balaban J connectivity index is 1.67. The van der Waals surface area contributed by atoms with Crippen molar-refractivity contribution in [2.24, 2.45) is 12.5 Å². The molecular weight excluding hydrogens is 330 g/mol. The van der Waals surface area contributed by atoms with Gasteiger partial charge in [-0.3, -0.25) is 0 Å². The van der Waals surface area contributed by atoms with Crippen molar-refractivity contribution in [3.05, 3.63) is 53.9 Å². The molecule has 0 bridgehead atoms. The van der Waals surface area contributed by atoms with E-state index in [1.54, 1.807) is 12.3 Å². The minimum Gasteiger partial charge on any atom is -0.458 e. The van der Waals surface area contributed by atoms with Gasteiger partial charge in [-0.15, -0.1) is 0 Å². The summed E-state index contributed by atoms with van der Waals surface area (Å²) in [7, 11) is 1.89. The topological polar surface area (TPSA) is 48.6 Å². The van der Waals surface area contributed by atoms with E-state index < -0.39 is 0 Å². The molecule has 2 aromatic rings. The second-order valence-corrected chi connectivity index (χ2v) is 7.74. The number of aryl methyl sites for hydroxylation is 2. The van der Waals surface area contributed by atoms with Gasteiger partial charge in [-0.05, 0) is 42.0 Å². The predicted molar refractivity (Wildman–Crippen MR) is 97.2 cm³/mol. The Labute approximate surface area is 154 Å². The molecule has 0 amide bonds. The summed E-state index contributed by atoms with van der Waals surface area (Å²) in [5.41, 5.74) is 1.56. The van der Waals surface area contributed by atoms with E-state index in [1.165, 1.54) is 0 Å². The summed E-state index contributed by atoms with van der Waals surface area (Å²) in [6, 6.07) is 9.59. The van der Waals surface area contributed by atoms with Crippen LogP contribution in [-0.2, 0) is 18.2 Å². The van der Waals surface area contributed by atoms with Crippen molar-refractivity contribution in [3.63, 3.8) is 0 Å². The third-order valence-electron chi connectivity index (χ3n) is 4.52. The van der Waals surface area contributed by atoms with E-state index in [0.717, 1.165) is 29.9 Å². The first-order valence-electron chi connectivity index (χ1n) is 8.88. The number of ether oxygens (including phenoxy) is 3. The zero-order chi connectivity index (χ0) is 18.7. The van der Waals surface area contributed by atoms with E-state index >= 15 is 0 Å². The lowest BCUT2D eigenvalue weighted by atomic mass is 9.85. The summed E-state index contributed by atoms with van der Waals surface area (Å²) in [5.74, 6) is 1.28. The van der Waals surface area contributed by atoms with Gasteiger partial charge in [-0.2, -0.15) is 0 Å². The number of fused-ring (bicyclic) bond motifs is 1. The van der Waals surface area contributed by atoms with Gasteiger partial charge in [0.1, 0.15) is 18.7 Å². The molecule has 3 rings (SSSR count). The molecule has 1 aliphatic heterocycles. The number of carbonyl (C=O) groups is 1. The fraction of sp³-hybridized carbons (Fsp3) is 0.429. The lowest BCUT2D eigenvalue weighted by Crippen LogP contribution is -2.33. The Hall–Kier alpha value is -2.56. The summed E-state index contributed by atoms with van der Waals surface area (Å²) in [6.45, 7) is 6.55. The van der Waals surface area contributed by atoms with E-state index in [-0.39, 0.29) is 24.3 Å². The molecule has 0 spiro atoms. The molecule has 1 aromatic heterocycles. The van der Waals surface area contributed by atoms with Crippen LogP contribution >= 0.6 is 0 Å². The molecule has 0 fully saturated rings. The maximum Gasteiger partial charge on any atom is 0.344 e. The minimum absolute atomic E-state index is 0.150. The second-order valence-electron chi connectivity index (χ2n) is 7.74. The van der Waals surface area contributed by atoms with Gasteiger partial charge in [0.05, 0.1) is 0 Å². The summed E-state index contributed by atoms with van der Waals surface area (Å²) >= 11 is 0. The highest BCUT2D eigenvalue weighted by Gasteiger charge is 2.29. The van der Waals surface area contributed by atoms with E-state index in [9.17, 15) is 4.79 Å². The van der Waals surface area contributed by atoms with E-state index in [0.29, 0.717) is 5.56 Å². The van der Waals surface area contributed by atoms with E-state index in [2.05, 4.69) is 20.8 Å². The van der Waals surface area contributed by atoms with Crippen molar-refractivity contribution >= 4 is 5.97 Å². The first-order valence-corrected chi connectivity index (χ1v) is 8.88. The summed E-state index contributed by atoms with van der Waals surface area (Å²) in [4.78, 5) is 12.5. The fourth-order valence-corrected chi connectivity index (χ4v) is 2.97. The molecule has 0 aliphatic carbocycles. The number of pyridine rings is 1. The molecule has 138 valence electrons. The van der Waals surface area contributed by atoms with Crippen LogP contribution in [-0.4, -0.2) is 18.9 Å². The highest BCUT2D eigenvalue weighted by atomic mass is 16.7. The molecule has 1 unspecified atom stereocenters. The molecule has 0 radical (unpaired) electrons. The molecule has 0 saturated heterocycles. The van der Waals surface area contributed by atoms with E-state index in [4.69, 9.17) is 14.2 Å². The molecule has 5 nitrogen and oxygen atoms in total. The Morgan fingerprint density at radius 2 is 2.00 bits per heavy atom. The number of hydrogen-bond acceptors (Lipinski definition) is 4. The molecule has 26 heavy (non-hydrogen) atoms. The molecule has 1 aliphatic rings. The van der Waals surface area contributed by atoms with E-state index in [1.807, 2.05) is 42.1 Å². The lowest BCUT2D eigenvalue weighted by molar-refractivity contribution is -0.671. The first-order chi connectivity index (χ1) is 12.3. The smallest absolute Gasteiger partial charge is 0.344 e. The van der Waals surface area contributed by atoms with Crippen molar-refractivity contribution in [1.29, 1.82) is 0 Å². The number of nitrogens with zero attached hydrogens (tertiary/aromatic N) is 1. The monoisotopic (exact) mass is 356 g/mol. The predicted octanol–water partition coefficient (Wildman–Crippen LogP) is 3.44. The van der Waals surface area contributed by atoms with Gasteiger partial charge < -0.3 is 14.2 Å². The van der Waals surface area contributed by atoms with Crippen molar-refractivity contribution in [2.45, 2.75) is 39.7 Å². The maximum absolute atomic E-state index is 12.5. The Kier molecular flexibility index (Phi) is 5.16. The molecule has 0 saturated carbocycles. The fourth-order valence-electron chi connectivity index (χ4n) is 2.97. The Morgan fingerprint density at radius 1 is 1.23 bits per heavy atom. The van der Waals surface area contributed by atoms with Gasteiger partial charge in [0, 0.05) is 6.07 Å². The largest absolute Gasteiger partial charge is 0.458 e. The third kappa shape index (κ3) is 4.34. The normalized spacial score (nSPS) is 14.2. The molecule has 0 N–H and O–H groups in total. The van der Waals surface area contributed by atoms with Gasteiger partial charge in [0.25, 0.3) is 0 Å². The summed E-state index contributed by atoms with van der Waals surface area (Å²) in [5, 5.41) is 0. The highest BCUT2D eigenvalue weighted by molar-refractivity contribution is 5.88. The lowest BCUT2D eigenvalue weighted by Gasteiger charge is -2.30. The van der Waals surface area contributed by atoms with Crippen molar-refractivity contribution in [2.75, 3.05) is 6.79 Å². The number of benzene rings is 1. The number of carbonyl (C=O) groups excluding carboxylic acids is 1. The molecule has 1 atom stereocenters. The van der Waals surface area contributed by atoms with Crippen molar-refractivity contribution in [3.8, 4) is 11.5 Å². The molecule has 1 aromatic carbocycles. The van der Waals surface area contributed by atoms with Crippen LogP contribution in [0.2, 0.25) is 0 Å². The Morgan fingerprint density at radius 3 is 2.73 bits per heavy atom. The Bertz CT molecular complexity index is 795. The SMILES string of the molecule is C[n+]1cccc(C(=O)OC(CCc2ccc3c(c2)OCO3)C(C)(C)C)c1. The second kappa shape index (κ2) is 7.36. The number of aromatic nitrogens is 1. The zero-order valence-corrected chi connectivity index (χ0v) is 15.8. The third-order valence-corrected chi connectivity index (χ3v) is 4.52. The van der Waals surface area contributed by atoms with Crippen LogP contribution in [0, 0.1) is 5.41 Å². The standard InChI is InChI=1S/C21H26NO4/c1-21(2,3)19(26-20(23)16-6-5-11-22(4)13-16)10-8-15-7-9-17-18(12-15)25-14-24-17/h5-7,9,11-13,19H,8,10,14H2,1-4H3/q+1. The van der Waals surface area contributed by atoms with Crippen LogP contribution in [0.25, 0.3) is 0 Å². The van der Waals surface area contributed by atoms with Gasteiger partial charge >= 0.3 is 5.97 Å². The average molecular weight is 356 g/mol. The van der Waals surface area contributed by atoms with Gasteiger partial charge in [0.15, 0.2) is 23.9 Å². The highest BCUT2D eigenvalue weighted by Crippen LogP contribution is 2.34. The minimum atomic E-state index is -0.285. The van der Waals surface area contributed by atoms with Crippen LogP contribution < -0.4 is 14.0 Å². The van der Waals surface area contributed by atoms with Crippen LogP contribution in [0.5, 0.6) is 11.5 Å². The van der Waals surface area contributed by atoms with Gasteiger partial charge in [-0.1, -0.05) is 26.8 Å². The van der Waals surface area contributed by atoms with Crippen LogP contribution in [0.4, 0.5) is 0 Å². The number of hydrogen-bond donors (Lipinski definition) is 0. The van der Waals surface area contributed by atoms with Gasteiger partial charge in [-0.25, -0.2) is 9.36 Å². The quantitative estimate of drug-likeness (QED) is 0.608. The zero-order valence-electron chi connectivity index (χ0n) is 15.8. The maximum atomic E-state index is 12.5.